The molecule has 5 heteroatoms. The number of piperidine rings is 1. The molecular formula is C15H29N3O2. The number of nitrogens with zero attached hydrogens (tertiary/aromatic N) is 1. The Hall–Kier alpha value is -0.650. The van der Waals surface area contributed by atoms with E-state index in [9.17, 15) is 4.79 Å². The van der Waals surface area contributed by atoms with Crippen molar-refractivity contribution in [3.8, 4) is 0 Å². The second-order valence-electron chi connectivity index (χ2n) is 5.96. The molecule has 116 valence electrons. The predicted molar refractivity (Wildman–Crippen MR) is 79.7 cm³/mol. The zero-order valence-corrected chi connectivity index (χ0v) is 12.7. The summed E-state index contributed by atoms with van der Waals surface area (Å²) in [4.78, 5) is 14.3. The van der Waals surface area contributed by atoms with Gasteiger partial charge in [-0.2, -0.15) is 0 Å². The fourth-order valence-electron chi connectivity index (χ4n) is 2.96. The Bertz CT molecular complexity index is 285. The highest BCUT2D eigenvalue weighted by molar-refractivity contribution is 5.78. The Morgan fingerprint density at radius 2 is 1.85 bits per heavy atom. The van der Waals surface area contributed by atoms with E-state index in [4.69, 9.17) is 4.74 Å². The minimum Gasteiger partial charge on any atom is -0.381 e. The van der Waals surface area contributed by atoms with Gasteiger partial charge in [0.25, 0.3) is 0 Å². The maximum atomic E-state index is 12.0. The standard InChI is InChI=1S/C15H29N3O2/c1-2-7-16-13-3-8-18(9-4-13)12-15(19)17-14-5-10-20-11-6-14/h13-14,16H,2-12H2,1H3,(H,17,19). The van der Waals surface area contributed by atoms with E-state index in [1.165, 1.54) is 6.42 Å². The maximum absolute atomic E-state index is 12.0. The highest BCUT2D eigenvalue weighted by Crippen LogP contribution is 2.10. The molecule has 0 aliphatic carbocycles. The first-order valence-electron chi connectivity index (χ1n) is 8.10. The molecule has 0 saturated carbocycles. The van der Waals surface area contributed by atoms with Crippen LogP contribution in [0.4, 0.5) is 0 Å². The van der Waals surface area contributed by atoms with Gasteiger partial charge in [0.15, 0.2) is 0 Å². The van der Waals surface area contributed by atoms with Crippen LogP contribution in [-0.4, -0.2) is 62.3 Å². The first-order chi connectivity index (χ1) is 9.78. The van der Waals surface area contributed by atoms with Crippen molar-refractivity contribution in [2.45, 2.75) is 51.1 Å². The highest BCUT2D eigenvalue weighted by atomic mass is 16.5. The molecule has 0 unspecified atom stereocenters. The summed E-state index contributed by atoms with van der Waals surface area (Å²) < 4.78 is 5.31. The van der Waals surface area contributed by atoms with E-state index in [2.05, 4.69) is 22.5 Å². The first-order valence-corrected chi connectivity index (χ1v) is 8.10. The molecule has 2 saturated heterocycles. The summed E-state index contributed by atoms with van der Waals surface area (Å²) in [5.41, 5.74) is 0. The van der Waals surface area contributed by atoms with E-state index in [0.717, 1.165) is 58.5 Å². The van der Waals surface area contributed by atoms with Crippen molar-refractivity contribution in [1.82, 2.24) is 15.5 Å². The molecule has 1 amide bonds. The minimum absolute atomic E-state index is 0.178. The Kier molecular flexibility index (Phi) is 6.76. The summed E-state index contributed by atoms with van der Waals surface area (Å²) in [6.07, 6.45) is 5.41. The quantitative estimate of drug-likeness (QED) is 0.755. The van der Waals surface area contributed by atoms with Crippen LogP contribution >= 0.6 is 0 Å². The third-order valence-corrected chi connectivity index (χ3v) is 4.22. The molecule has 5 nitrogen and oxygen atoms in total. The van der Waals surface area contributed by atoms with Gasteiger partial charge in [-0.25, -0.2) is 0 Å². The van der Waals surface area contributed by atoms with E-state index in [0.29, 0.717) is 18.6 Å². The van der Waals surface area contributed by atoms with Gasteiger partial charge >= 0.3 is 0 Å². The van der Waals surface area contributed by atoms with Crippen molar-refractivity contribution < 1.29 is 9.53 Å². The van der Waals surface area contributed by atoms with Crippen molar-refractivity contribution >= 4 is 5.91 Å². The number of likely N-dealkylation sites (tertiary alicyclic amines) is 1. The summed E-state index contributed by atoms with van der Waals surface area (Å²) in [6, 6.07) is 0.963. The number of ether oxygens (including phenoxy) is 1. The van der Waals surface area contributed by atoms with Crippen molar-refractivity contribution in [3.63, 3.8) is 0 Å². The number of amides is 1. The molecule has 0 aromatic rings. The highest BCUT2D eigenvalue weighted by Gasteiger charge is 2.22. The summed E-state index contributed by atoms with van der Waals surface area (Å²) in [5.74, 6) is 0.178. The molecule has 0 radical (unpaired) electrons. The van der Waals surface area contributed by atoms with Gasteiger partial charge in [0.1, 0.15) is 0 Å². The topological polar surface area (TPSA) is 53.6 Å². The Balaban J connectivity index is 1.60. The molecular weight excluding hydrogens is 254 g/mol. The van der Waals surface area contributed by atoms with Crippen LogP contribution in [0.5, 0.6) is 0 Å². The van der Waals surface area contributed by atoms with Gasteiger partial charge < -0.3 is 15.4 Å². The smallest absolute Gasteiger partial charge is 0.234 e. The van der Waals surface area contributed by atoms with E-state index >= 15 is 0 Å². The van der Waals surface area contributed by atoms with Crippen LogP contribution in [0, 0.1) is 0 Å². The van der Waals surface area contributed by atoms with Crippen LogP contribution < -0.4 is 10.6 Å². The fraction of sp³-hybridized carbons (Fsp3) is 0.933. The Morgan fingerprint density at radius 1 is 1.15 bits per heavy atom. The third-order valence-electron chi connectivity index (χ3n) is 4.22. The lowest BCUT2D eigenvalue weighted by molar-refractivity contribution is -0.123. The molecule has 0 bridgehead atoms. The number of nitrogens with one attached hydrogen (secondary N) is 2. The van der Waals surface area contributed by atoms with E-state index < -0.39 is 0 Å². The van der Waals surface area contributed by atoms with Crippen LogP contribution in [0.25, 0.3) is 0 Å². The van der Waals surface area contributed by atoms with Crippen LogP contribution in [0.1, 0.15) is 39.0 Å². The fourth-order valence-corrected chi connectivity index (χ4v) is 2.96. The molecule has 2 N–H and O–H groups in total. The molecule has 0 aromatic carbocycles. The zero-order valence-electron chi connectivity index (χ0n) is 12.7. The van der Waals surface area contributed by atoms with E-state index in [1.54, 1.807) is 0 Å². The molecule has 0 aromatic heterocycles. The molecule has 2 aliphatic heterocycles. The molecule has 0 spiro atoms. The molecule has 2 rings (SSSR count). The van der Waals surface area contributed by atoms with Gasteiger partial charge in [-0.15, -0.1) is 0 Å². The summed E-state index contributed by atoms with van der Waals surface area (Å²) in [7, 11) is 0. The largest absolute Gasteiger partial charge is 0.381 e. The lowest BCUT2D eigenvalue weighted by Gasteiger charge is -2.32. The van der Waals surface area contributed by atoms with Crippen LogP contribution in [0.2, 0.25) is 0 Å². The van der Waals surface area contributed by atoms with Crippen LogP contribution in [0.3, 0.4) is 0 Å². The second-order valence-corrected chi connectivity index (χ2v) is 5.96. The average Bonchev–Trinajstić information content (AvgIpc) is 2.47. The van der Waals surface area contributed by atoms with Crippen LogP contribution in [0.15, 0.2) is 0 Å². The van der Waals surface area contributed by atoms with Gasteiger partial charge in [0.05, 0.1) is 6.54 Å². The van der Waals surface area contributed by atoms with Crippen molar-refractivity contribution in [2.24, 2.45) is 0 Å². The molecule has 20 heavy (non-hydrogen) atoms. The van der Waals surface area contributed by atoms with E-state index in [-0.39, 0.29) is 5.91 Å². The van der Waals surface area contributed by atoms with Crippen molar-refractivity contribution in [3.05, 3.63) is 0 Å². The van der Waals surface area contributed by atoms with Gasteiger partial charge in [-0.3, -0.25) is 9.69 Å². The minimum atomic E-state index is 0.178. The molecule has 2 fully saturated rings. The lowest BCUT2D eigenvalue weighted by atomic mass is 10.0. The summed E-state index contributed by atoms with van der Waals surface area (Å²) in [6.45, 7) is 7.47. The van der Waals surface area contributed by atoms with Gasteiger partial charge in [-0.1, -0.05) is 6.92 Å². The van der Waals surface area contributed by atoms with E-state index in [1.807, 2.05) is 0 Å². The number of rotatable bonds is 6. The number of hydrogen-bond donors (Lipinski definition) is 2. The monoisotopic (exact) mass is 283 g/mol. The van der Waals surface area contributed by atoms with Crippen molar-refractivity contribution in [2.75, 3.05) is 39.4 Å². The summed E-state index contributed by atoms with van der Waals surface area (Å²) >= 11 is 0. The summed E-state index contributed by atoms with van der Waals surface area (Å²) in [5, 5.41) is 6.71. The van der Waals surface area contributed by atoms with Crippen LogP contribution in [-0.2, 0) is 9.53 Å². The van der Waals surface area contributed by atoms with Gasteiger partial charge in [0, 0.05) is 38.4 Å². The normalized spacial score (nSPS) is 22.9. The first kappa shape index (κ1) is 15.7. The Morgan fingerprint density at radius 3 is 2.50 bits per heavy atom. The Labute approximate surface area is 122 Å². The average molecular weight is 283 g/mol. The maximum Gasteiger partial charge on any atom is 0.234 e. The number of hydrogen-bond acceptors (Lipinski definition) is 4. The SMILES string of the molecule is CCCNC1CCN(CC(=O)NC2CCOCC2)CC1. The molecule has 2 aliphatic rings. The predicted octanol–water partition coefficient (Wildman–Crippen LogP) is 0.746. The second kappa shape index (κ2) is 8.60. The van der Waals surface area contributed by atoms with Gasteiger partial charge in [-0.05, 0) is 38.6 Å². The van der Waals surface area contributed by atoms with Crippen molar-refractivity contribution in [1.29, 1.82) is 0 Å². The molecule has 2 heterocycles. The zero-order chi connectivity index (χ0) is 14.2. The van der Waals surface area contributed by atoms with Gasteiger partial charge in [0.2, 0.25) is 5.91 Å². The lowest BCUT2D eigenvalue weighted by Crippen LogP contribution is -2.48. The molecule has 0 atom stereocenters. The number of carbonyl (C=O) groups is 1. The third kappa shape index (κ3) is 5.38. The number of carbonyl (C=O) groups excluding carboxylic acids is 1.